The summed E-state index contributed by atoms with van der Waals surface area (Å²) < 4.78 is 0. The van der Waals surface area contributed by atoms with Crippen LogP contribution in [0.3, 0.4) is 0 Å². The highest BCUT2D eigenvalue weighted by Crippen LogP contribution is 2.38. The molecule has 0 aliphatic heterocycles. The minimum atomic E-state index is 0. The minimum Gasteiger partial charge on any atom is -0.114 e. The van der Waals surface area contributed by atoms with Crippen molar-refractivity contribution in [1.82, 2.24) is 0 Å². The van der Waals surface area contributed by atoms with Gasteiger partial charge in [0, 0.05) is 0 Å². The summed E-state index contributed by atoms with van der Waals surface area (Å²) in [5.41, 5.74) is 0. The topological polar surface area (TPSA) is 0 Å². The fourth-order valence-corrected chi connectivity index (χ4v) is 4.44. The van der Waals surface area contributed by atoms with Crippen LogP contribution in [0.4, 0.5) is 0 Å². The maximum absolute atomic E-state index is 2.31. The molecule has 0 saturated carbocycles. The third-order valence-electron chi connectivity index (χ3n) is 2.48. The van der Waals surface area contributed by atoms with E-state index in [0.29, 0.717) is 7.92 Å². The molecule has 15 heavy (non-hydrogen) atoms. The van der Waals surface area contributed by atoms with Gasteiger partial charge >= 0.3 is 0 Å². The molecule has 0 heterocycles. The van der Waals surface area contributed by atoms with Crippen LogP contribution in [-0.2, 0) is 0 Å². The maximum Gasteiger partial charge on any atom is -0.0326 e. The molecule has 0 aromatic carbocycles. The third-order valence-corrected chi connectivity index (χ3v) is 5.33. The summed E-state index contributed by atoms with van der Waals surface area (Å²) >= 11 is 0. The van der Waals surface area contributed by atoms with Gasteiger partial charge in [0.05, 0.1) is 0 Å². The molecular weight excluding hydrogens is 335 g/mol. The molecule has 0 aromatic rings. The number of hydrogen-bond donors (Lipinski definition) is 0. The highest BCUT2D eigenvalue weighted by Gasteiger charge is 2.05. The van der Waals surface area contributed by atoms with Gasteiger partial charge in [-0.2, -0.15) is 0 Å². The van der Waals surface area contributed by atoms with Gasteiger partial charge in [-0.05, 0) is 37.7 Å². The highest BCUT2D eigenvalue weighted by atomic mass is 79.9. The average molecular weight is 364 g/mol. The number of halogens is 2. The van der Waals surface area contributed by atoms with Crippen LogP contribution in [0.1, 0.15) is 59.3 Å². The van der Waals surface area contributed by atoms with Gasteiger partial charge in [0.1, 0.15) is 0 Å². The second-order valence-corrected chi connectivity index (χ2v) is 6.59. The first-order valence-corrected chi connectivity index (χ1v) is 7.97. The molecule has 0 amide bonds. The van der Waals surface area contributed by atoms with Crippen molar-refractivity contribution >= 4 is 41.9 Å². The van der Waals surface area contributed by atoms with Crippen molar-refractivity contribution in [3.05, 3.63) is 0 Å². The van der Waals surface area contributed by atoms with Gasteiger partial charge in [0.15, 0.2) is 0 Å². The lowest BCUT2D eigenvalue weighted by Gasteiger charge is -2.16. The van der Waals surface area contributed by atoms with Crippen LogP contribution >= 0.6 is 41.9 Å². The Hall–Kier alpha value is 1.39. The fourth-order valence-electron chi connectivity index (χ4n) is 1.48. The van der Waals surface area contributed by atoms with E-state index in [1.165, 1.54) is 38.5 Å². The van der Waals surface area contributed by atoms with Gasteiger partial charge < -0.3 is 0 Å². The zero-order valence-electron chi connectivity index (χ0n) is 10.6. The van der Waals surface area contributed by atoms with Crippen LogP contribution in [0.15, 0.2) is 0 Å². The first-order valence-electron chi connectivity index (χ1n) is 6.07. The van der Waals surface area contributed by atoms with E-state index in [2.05, 4.69) is 20.8 Å². The van der Waals surface area contributed by atoms with E-state index in [1.807, 2.05) is 0 Å². The van der Waals surface area contributed by atoms with Gasteiger partial charge in [-0.25, -0.2) is 0 Å². The van der Waals surface area contributed by atoms with E-state index in [4.69, 9.17) is 0 Å². The van der Waals surface area contributed by atoms with Crippen LogP contribution in [0.25, 0.3) is 0 Å². The second-order valence-electron chi connectivity index (χ2n) is 3.90. The molecular formula is C12H29Br2P. The minimum absolute atomic E-state index is 0. The van der Waals surface area contributed by atoms with E-state index in [9.17, 15) is 0 Å². The van der Waals surface area contributed by atoms with Crippen molar-refractivity contribution in [3.63, 3.8) is 0 Å². The van der Waals surface area contributed by atoms with Gasteiger partial charge in [-0.3, -0.25) is 0 Å². The Bertz CT molecular complexity index is 80.6. The fraction of sp³-hybridized carbons (Fsp3) is 1.00. The second kappa shape index (κ2) is 17.8. The Morgan fingerprint density at radius 1 is 0.600 bits per heavy atom. The van der Waals surface area contributed by atoms with E-state index >= 15 is 0 Å². The zero-order valence-corrected chi connectivity index (χ0v) is 14.9. The summed E-state index contributed by atoms with van der Waals surface area (Å²) in [4.78, 5) is 0. The monoisotopic (exact) mass is 362 g/mol. The molecule has 0 aromatic heterocycles. The molecule has 0 saturated heterocycles. The lowest BCUT2D eigenvalue weighted by molar-refractivity contribution is 0.847. The molecule has 0 radical (unpaired) electrons. The molecule has 0 fully saturated rings. The van der Waals surface area contributed by atoms with E-state index in [-0.39, 0.29) is 34.0 Å². The number of unbranched alkanes of at least 4 members (excludes halogenated alkanes) is 3. The highest BCUT2D eigenvalue weighted by molar-refractivity contribution is 8.93. The van der Waals surface area contributed by atoms with E-state index in [1.54, 1.807) is 18.5 Å². The largest absolute Gasteiger partial charge is 0.114 e. The molecule has 0 aliphatic carbocycles. The molecule has 0 atom stereocenters. The standard InChI is InChI=1S/C12H27P.2BrH/c1-4-7-10-13(11-8-5-2)12-9-6-3;;/h4-12H2,1-3H3;2*1H. The molecule has 96 valence electrons. The molecule has 0 aliphatic rings. The van der Waals surface area contributed by atoms with Crippen LogP contribution < -0.4 is 0 Å². The summed E-state index contributed by atoms with van der Waals surface area (Å²) in [5.74, 6) is 0. The van der Waals surface area contributed by atoms with Crippen LogP contribution in [0, 0.1) is 0 Å². The van der Waals surface area contributed by atoms with Crippen molar-refractivity contribution in [2.75, 3.05) is 18.5 Å². The van der Waals surface area contributed by atoms with E-state index in [0.717, 1.165) is 0 Å². The summed E-state index contributed by atoms with van der Waals surface area (Å²) in [6.07, 6.45) is 13.2. The maximum atomic E-state index is 2.31. The van der Waals surface area contributed by atoms with Crippen LogP contribution in [0.5, 0.6) is 0 Å². The zero-order chi connectivity index (χ0) is 9.94. The van der Waals surface area contributed by atoms with Gasteiger partial charge in [0.2, 0.25) is 0 Å². The summed E-state index contributed by atoms with van der Waals surface area (Å²) in [7, 11) is 0.422. The Labute approximate surface area is 119 Å². The molecule has 0 nitrogen and oxygen atoms in total. The Kier molecular flexibility index (Phi) is 25.7. The average Bonchev–Trinajstić information content (AvgIpc) is 2.17. The molecule has 3 heteroatoms. The molecule has 0 spiro atoms. The predicted octanol–water partition coefficient (Wildman–Crippen LogP) is 6.02. The van der Waals surface area contributed by atoms with Crippen LogP contribution in [-0.4, -0.2) is 18.5 Å². The SMILES string of the molecule is Br.Br.CCCCP(CCCC)CCCC. The molecule has 0 N–H and O–H groups in total. The summed E-state index contributed by atoms with van der Waals surface area (Å²) in [6.45, 7) is 6.94. The quantitative estimate of drug-likeness (QED) is 0.439. The first kappa shape index (κ1) is 21.7. The Morgan fingerprint density at radius 2 is 0.867 bits per heavy atom. The lowest BCUT2D eigenvalue weighted by Crippen LogP contribution is -1.95. The number of rotatable bonds is 9. The first-order chi connectivity index (χ1) is 6.35. The van der Waals surface area contributed by atoms with Crippen molar-refractivity contribution in [3.8, 4) is 0 Å². The summed E-state index contributed by atoms with van der Waals surface area (Å²) in [6, 6.07) is 0. The van der Waals surface area contributed by atoms with Crippen molar-refractivity contribution < 1.29 is 0 Å². The van der Waals surface area contributed by atoms with Gasteiger partial charge in [-0.1, -0.05) is 40.0 Å². The lowest BCUT2D eigenvalue weighted by atomic mass is 10.4. The molecule has 0 unspecified atom stereocenters. The summed E-state index contributed by atoms with van der Waals surface area (Å²) in [5, 5.41) is 0. The van der Waals surface area contributed by atoms with E-state index < -0.39 is 0 Å². The Balaban J connectivity index is -0.000000720. The van der Waals surface area contributed by atoms with Gasteiger partial charge in [0.25, 0.3) is 0 Å². The normalized spacial score (nSPS) is 9.60. The molecule has 0 rings (SSSR count). The number of hydrogen-bond acceptors (Lipinski definition) is 0. The predicted molar refractivity (Wildman–Crippen MR) is 86.9 cm³/mol. The van der Waals surface area contributed by atoms with Crippen molar-refractivity contribution in [1.29, 1.82) is 0 Å². The Morgan fingerprint density at radius 3 is 1.07 bits per heavy atom. The van der Waals surface area contributed by atoms with Gasteiger partial charge in [-0.15, -0.1) is 41.9 Å². The van der Waals surface area contributed by atoms with Crippen molar-refractivity contribution in [2.45, 2.75) is 59.3 Å². The smallest absolute Gasteiger partial charge is 0.0326 e. The van der Waals surface area contributed by atoms with Crippen molar-refractivity contribution in [2.24, 2.45) is 0 Å². The molecule has 0 bridgehead atoms. The van der Waals surface area contributed by atoms with Crippen LogP contribution in [0.2, 0.25) is 0 Å². The third kappa shape index (κ3) is 15.4.